The molecule has 2 rings (SSSR count). The van der Waals surface area contributed by atoms with Gasteiger partial charge < -0.3 is 10.4 Å². The van der Waals surface area contributed by atoms with Crippen LogP contribution in [0.3, 0.4) is 0 Å². The van der Waals surface area contributed by atoms with Gasteiger partial charge in [0.15, 0.2) is 5.60 Å². The topological polar surface area (TPSA) is 123 Å². The molecule has 2 N–H and O–H groups in total. The summed E-state index contributed by atoms with van der Waals surface area (Å²) in [4.78, 5) is 21.6. The summed E-state index contributed by atoms with van der Waals surface area (Å²) in [6, 6.07) is 1.84. The van der Waals surface area contributed by atoms with Gasteiger partial charge in [-0.3, -0.25) is 14.9 Å². The standard InChI is InChI=1S/C13H11F4N5O4/c1-12(24,6-21-5-10(14)19-20-21)11(23)18-7-2-3-9(22(25)26)8(4-7)13(15,16)17/h2-5,24H,6H2,1H3,(H,18,23)/t12-/m0/s1. The molecule has 1 amide bonds. The van der Waals surface area contributed by atoms with Gasteiger partial charge in [-0.05, 0) is 19.1 Å². The van der Waals surface area contributed by atoms with Crippen LogP contribution in [0.2, 0.25) is 0 Å². The first kappa shape index (κ1) is 19.2. The lowest BCUT2D eigenvalue weighted by Crippen LogP contribution is -2.43. The highest BCUT2D eigenvalue weighted by Gasteiger charge is 2.39. The Morgan fingerprint density at radius 1 is 1.42 bits per heavy atom. The fraction of sp³-hybridized carbons (Fsp3) is 0.308. The lowest BCUT2D eigenvalue weighted by atomic mass is 10.1. The number of halogens is 4. The third-order valence-corrected chi connectivity index (χ3v) is 3.23. The van der Waals surface area contributed by atoms with Gasteiger partial charge >= 0.3 is 6.18 Å². The lowest BCUT2D eigenvalue weighted by molar-refractivity contribution is -0.388. The number of nitro benzene ring substituents is 1. The third kappa shape index (κ3) is 4.30. The van der Waals surface area contributed by atoms with Crippen LogP contribution in [0, 0.1) is 16.1 Å². The van der Waals surface area contributed by atoms with Crippen molar-refractivity contribution in [3.05, 3.63) is 46.0 Å². The number of hydrogen-bond donors (Lipinski definition) is 2. The number of carbonyl (C=O) groups is 1. The molecule has 0 aliphatic rings. The van der Waals surface area contributed by atoms with E-state index in [-0.39, 0.29) is 0 Å². The van der Waals surface area contributed by atoms with E-state index in [0.29, 0.717) is 12.1 Å². The molecule has 0 saturated heterocycles. The SMILES string of the molecule is C[C@](O)(Cn1cc(F)nn1)C(=O)Nc1ccc([N+](=O)[O-])c(C(F)(F)F)c1. The number of aromatic nitrogens is 3. The molecule has 1 atom stereocenters. The number of nitrogens with zero attached hydrogens (tertiary/aromatic N) is 4. The molecule has 1 aromatic heterocycles. The van der Waals surface area contributed by atoms with E-state index in [2.05, 4.69) is 10.3 Å². The number of anilines is 1. The van der Waals surface area contributed by atoms with E-state index < -0.39 is 52.0 Å². The smallest absolute Gasteiger partial charge is 0.378 e. The predicted molar refractivity (Wildman–Crippen MR) is 77.3 cm³/mol. The van der Waals surface area contributed by atoms with Gasteiger partial charge in [-0.25, -0.2) is 4.68 Å². The highest BCUT2D eigenvalue weighted by Crippen LogP contribution is 2.37. The highest BCUT2D eigenvalue weighted by atomic mass is 19.4. The highest BCUT2D eigenvalue weighted by molar-refractivity contribution is 5.97. The van der Waals surface area contributed by atoms with Crippen LogP contribution in [-0.4, -0.2) is 36.5 Å². The Kier molecular flexibility index (Phi) is 4.93. The van der Waals surface area contributed by atoms with Crippen LogP contribution in [0.15, 0.2) is 24.4 Å². The van der Waals surface area contributed by atoms with E-state index in [0.717, 1.165) is 23.9 Å². The van der Waals surface area contributed by atoms with Crippen LogP contribution in [-0.2, 0) is 17.5 Å². The second-order valence-corrected chi connectivity index (χ2v) is 5.45. The molecule has 0 spiro atoms. The summed E-state index contributed by atoms with van der Waals surface area (Å²) in [5.41, 5.74) is -5.34. The maximum Gasteiger partial charge on any atom is 0.423 e. The van der Waals surface area contributed by atoms with E-state index in [4.69, 9.17) is 0 Å². The summed E-state index contributed by atoms with van der Waals surface area (Å²) in [5, 5.41) is 29.2. The summed E-state index contributed by atoms with van der Waals surface area (Å²) in [6.07, 6.45) is -4.22. The molecule has 0 fully saturated rings. The number of benzene rings is 1. The molecule has 26 heavy (non-hydrogen) atoms. The van der Waals surface area contributed by atoms with Gasteiger partial charge in [0, 0.05) is 11.8 Å². The number of aliphatic hydroxyl groups is 1. The predicted octanol–water partition coefficient (Wildman–Crippen LogP) is 1.73. The van der Waals surface area contributed by atoms with Crippen molar-refractivity contribution in [3.63, 3.8) is 0 Å². The molecule has 0 aliphatic carbocycles. The average Bonchev–Trinajstić information content (AvgIpc) is 2.90. The molecular formula is C13H11F4N5O4. The molecule has 0 saturated carbocycles. The van der Waals surface area contributed by atoms with Gasteiger partial charge in [0.2, 0.25) is 0 Å². The van der Waals surface area contributed by atoms with Gasteiger partial charge in [-0.1, -0.05) is 10.3 Å². The van der Waals surface area contributed by atoms with Crippen LogP contribution >= 0.6 is 0 Å². The normalized spacial score (nSPS) is 13.9. The van der Waals surface area contributed by atoms with Gasteiger partial charge in [0.25, 0.3) is 17.5 Å². The fourth-order valence-electron chi connectivity index (χ4n) is 2.01. The molecule has 0 bridgehead atoms. The summed E-state index contributed by atoms with van der Waals surface area (Å²) in [6.45, 7) is 0.493. The van der Waals surface area contributed by atoms with E-state index in [1.807, 2.05) is 5.32 Å². The quantitative estimate of drug-likeness (QED) is 0.465. The number of amides is 1. The number of hydrogen-bond acceptors (Lipinski definition) is 6. The average molecular weight is 377 g/mol. The molecule has 0 unspecified atom stereocenters. The number of carbonyl (C=O) groups excluding carboxylic acids is 1. The number of rotatable bonds is 5. The Morgan fingerprint density at radius 3 is 2.58 bits per heavy atom. The van der Waals surface area contributed by atoms with Crippen molar-refractivity contribution in [1.82, 2.24) is 15.0 Å². The Balaban J connectivity index is 2.24. The van der Waals surface area contributed by atoms with Crippen molar-refractivity contribution in [3.8, 4) is 0 Å². The van der Waals surface area contributed by atoms with Crippen molar-refractivity contribution in [2.75, 3.05) is 5.32 Å². The van der Waals surface area contributed by atoms with Gasteiger partial charge in [-0.15, -0.1) is 0 Å². The molecule has 2 aromatic rings. The van der Waals surface area contributed by atoms with Crippen LogP contribution in [0.1, 0.15) is 12.5 Å². The van der Waals surface area contributed by atoms with E-state index >= 15 is 0 Å². The number of nitro groups is 1. The maximum absolute atomic E-state index is 12.9. The summed E-state index contributed by atoms with van der Waals surface area (Å²) < 4.78 is 52.4. The summed E-state index contributed by atoms with van der Waals surface area (Å²) >= 11 is 0. The van der Waals surface area contributed by atoms with Crippen molar-refractivity contribution in [2.45, 2.75) is 25.2 Å². The molecule has 1 heterocycles. The minimum absolute atomic E-state index is 0.376. The van der Waals surface area contributed by atoms with Crippen LogP contribution in [0.4, 0.5) is 28.9 Å². The first-order valence-corrected chi connectivity index (χ1v) is 6.85. The summed E-state index contributed by atoms with van der Waals surface area (Å²) in [5.74, 6) is -2.08. The monoisotopic (exact) mass is 377 g/mol. The third-order valence-electron chi connectivity index (χ3n) is 3.23. The molecule has 0 radical (unpaired) electrons. The molecular weight excluding hydrogens is 366 g/mol. The molecule has 0 aliphatic heterocycles. The van der Waals surface area contributed by atoms with E-state index in [9.17, 15) is 37.6 Å². The number of alkyl halides is 3. The zero-order valence-electron chi connectivity index (χ0n) is 13.0. The molecule has 140 valence electrons. The Bertz CT molecular complexity index is 849. The fourth-order valence-corrected chi connectivity index (χ4v) is 2.01. The molecule has 1 aromatic carbocycles. The first-order chi connectivity index (χ1) is 11.9. The Labute approximate surface area is 142 Å². The number of nitrogens with one attached hydrogen (secondary N) is 1. The van der Waals surface area contributed by atoms with E-state index in [1.165, 1.54) is 0 Å². The molecule has 13 heteroatoms. The van der Waals surface area contributed by atoms with Crippen molar-refractivity contribution < 1.29 is 32.4 Å². The molecule has 9 nitrogen and oxygen atoms in total. The summed E-state index contributed by atoms with van der Waals surface area (Å²) in [7, 11) is 0. The van der Waals surface area contributed by atoms with Crippen molar-refractivity contribution in [1.29, 1.82) is 0 Å². The Hall–Kier alpha value is -3.09. The second-order valence-electron chi connectivity index (χ2n) is 5.45. The zero-order valence-corrected chi connectivity index (χ0v) is 13.0. The van der Waals surface area contributed by atoms with Crippen molar-refractivity contribution >= 4 is 17.3 Å². The van der Waals surface area contributed by atoms with Crippen LogP contribution in [0.5, 0.6) is 0 Å². The lowest BCUT2D eigenvalue weighted by Gasteiger charge is -2.22. The largest absolute Gasteiger partial charge is 0.423 e. The first-order valence-electron chi connectivity index (χ1n) is 6.85. The Morgan fingerprint density at radius 2 is 2.08 bits per heavy atom. The van der Waals surface area contributed by atoms with Gasteiger partial charge in [0.05, 0.1) is 17.7 Å². The zero-order chi connectivity index (χ0) is 19.7. The minimum atomic E-state index is -5.02. The second kappa shape index (κ2) is 6.67. The van der Waals surface area contributed by atoms with Crippen molar-refractivity contribution in [2.24, 2.45) is 0 Å². The maximum atomic E-state index is 12.9. The van der Waals surface area contributed by atoms with E-state index in [1.54, 1.807) is 0 Å². The van der Waals surface area contributed by atoms with Gasteiger partial charge in [-0.2, -0.15) is 17.6 Å². The van der Waals surface area contributed by atoms with Gasteiger partial charge in [0.1, 0.15) is 5.56 Å². The minimum Gasteiger partial charge on any atom is -0.378 e. The van der Waals surface area contributed by atoms with Crippen LogP contribution < -0.4 is 5.32 Å². The van der Waals surface area contributed by atoms with Crippen LogP contribution in [0.25, 0.3) is 0 Å².